The van der Waals surface area contributed by atoms with Crippen molar-refractivity contribution in [3.8, 4) is 0 Å². The lowest BCUT2D eigenvalue weighted by Crippen LogP contribution is -2.51. The van der Waals surface area contributed by atoms with Crippen molar-refractivity contribution in [2.45, 2.75) is 178 Å². The van der Waals surface area contributed by atoms with Crippen LogP contribution >= 0.6 is 23.5 Å². The summed E-state index contributed by atoms with van der Waals surface area (Å²) in [4.78, 5) is 35.0. The minimum atomic E-state index is -1.27. The van der Waals surface area contributed by atoms with Gasteiger partial charge in [-0.25, -0.2) is 20.3 Å². The number of thioether (sulfide) groups is 2. The van der Waals surface area contributed by atoms with Gasteiger partial charge in [0.1, 0.15) is 23.5 Å². The van der Waals surface area contributed by atoms with Crippen molar-refractivity contribution in [1.82, 2.24) is 16.1 Å². The second kappa shape index (κ2) is 36.4. The van der Waals surface area contributed by atoms with Gasteiger partial charge in [-0.3, -0.25) is 0 Å². The van der Waals surface area contributed by atoms with Crippen molar-refractivity contribution in [2.24, 2.45) is 5.90 Å². The Bertz CT molecular complexity index is 1420. The van der Waals surface area contributed by atoms with Crippen LogP contribution in [0.2, 0.25) is 0 Å². The maximum absolute atomic E-state index is 11.9. The number of aliphatic carboxylic acids is 1. The molecule has 0 saturated heterocycles. The highest BCUT2D eigenvalue weighted by Gasteiger charge is 2.25. The summed E-state index contributed by atoms with van der Waals surface area (Å²) in [5, 5.41) is 39.7. The number of ether oxygens (including phenoxy) is 2. The molecular weight excluding hydrogens is 817 g/mol. The average Bonchev–Trinajstić information content (AvgIpc) is 3.13. The second-order valence-corrected chi connectivity index (χ2v) is 19.5. The van der Waals surface area contributed by atoms with E-state index in [0.717, 1.165) is 62.9 Å². The monoisotopic (exact) mass is 901 g/mol. The zero-order chi connectivity index (χ0) is 47.6. The van der Waals surface area contributed by atoms with E-state index in [0.29, 0.717) is 11.5 Å². The van der Waals surface area contributed by atoms with Crippen LogP contribution in [0.5, 0.6) is 0 Å². The number of nitrogens with two attached hydrogens (primary N) is 1. The molecule has 0 aliphatic rings. The van der Waals surface area contributed by atoms with E-state index in [9.17, 15) is 24.6 Å². The third-order valence-electron chi connectivity index (χ3n) is 8.13. The van der Waals surface area contributed by atoms with Gasteiger partial charge in [0.25, 0.3) is 0 Å². The van der Waals surface area contributed by atoms with Crippen LogP contribution in [0, 0.1) is 0 Å². The van der Waals surface area contributed by atoms with Crippen LogP contribution in [0.25, 0.3) is 0 Å². The zero-order valence-electron chi connectivity index (χ0n) is 39.9. The molecule has 0 aromatic carbocycles. The predicted molar refractivity (Wildman–Crippen MR) is 256 cm³/mol. The summed E-state index contributed by atoms with van der Waals surface area (Å²) in [5.41, 5.74) is 8.68. The van der Waals surface area contributed by atoms with Crippen molar-refractivity contribution in [3.63, 3.8) is 0 Å². The highest BCUT2D eigenvalue weighted by atomic mass is 32.2. The molecule has 0 heterocycles. The highest BCUT2D eigenvalue weighted by Crippen LogP contribution is 2.16. The van der Waals surface area contributed by atoms with E-state index in [1.165, 1.54) is 45.2 Å². The number of allylic oxidation sites excluding steroid dienone is 10. The lowest BCUT2D eigenvalue weighted by molar-refractivity contribution is -0.138. The quantitative estimate of drug-likeness (QED) is 0.0186. The van der Waals surface area contributed by atoms with Crippen LogP contribution < -0.4 is 22.0 Å². The molecule has 354 valence electrons. The SMILES string of the molecule is CC(C)=CCC/C(C)=C/CC/C(C)=C/CSCC(NC(=O)OC(C)(C)C)C(=O)O.CC(C)=CCC/C(C)=C/CC/C(C)=C/CSCC(NC(=O)OC(C)(C)C)C(O)NO.NO. The molecule has 3 atom stereocenters. The van der Waals surface area contributed by atoms with Crippen LogP contribution in [0.1, 0.15) is 148 Å². The summed E-state index contributed by atoms with van der Waals surface area (Å²) in [6.07, 6.45) is 19.3. The minimum Gasteiger partial charge on any atom is -0.480 e. The van der Waals surface area contributed by atoms with Crippen molar-refractivity contribution in [3.05, 3.63) is 69.9 Å². The van der Waals surface area contributed by atoms with E-state index in [1.807, 2.05) is 0 Å². The number of carboxylic acid groups (broad SMARTS) is 1. The summed E-state index contributed by atoms with van der Waals surface area (Å²) in [5.74, 6) is 4.65. The Morgan fingerprint density at radius 2 is 0.934 bits per heavy atom. The summed E-state index contributed by atoms with van der Waals surface area (Å²) < 4.78 is 10.3. The lowest BCUT2D eigenvalue weighted by atomic mass is 10.1. The smallest absolute Gasteiger partial charge is 0.408 e. The normalized spacial score (nSPS) is 13.9. The molecule has 0 saturated carbocycles. The Kier molecular flexibility index (Phi) is 37.2. The van der Waals surface area contributed by atoms with Gasteiger partial charge in [0.2, 0.25) is 0 Å². The van der Waals surface area contributed by atoms with Crippen LogP contribution in [0.4, 0.5) is 9.59 Å². The molecule has 3 unspecified atom stereocenters. The number of amides is 2. The number of hydrogen-bond donors (Lipinski definition) is 8. The summed E-state index contributed by atoms with van der Waals surface area (Å²) in [6, 6.07) is -1.63. The summed E-state index contributed by atoms with van der Waals surface area (Å²) in [7, 11) is 0. The number of aliphatic hydroxyl groups is 1. The summed E-state index contributed by atoms with van der Waals surface area (Å²) in [6.45, 7) is 27.6. The van der Waals surface area contributed by atoms with Crippen molar-refractivity contribution in [2.75, 3.05) is 23.0 Å². The highest BCUT2D eigenvalue weighted by molar-refractivity contribution is 7.99. The van der Waals surface area contributed by atoms with E-state index in [4.69, 9.17) is 19.9 Å². The topological polar surface area (TPSA) is 213 Å². The largest absolute Gasteiger partial charge is 0.480 e. The Balaban J connectivity index is -0.00000106. The molecule has 0 aromatic heterocycles. The van der Waals surface area contributed by atoms with Crippen molar-refractivity contribution < 1.29 is 44.5 Å². The summed E-state index contributed by atoms with van der Waals surface area (Å²) >= 11 is 3.05. The number of carbonyl (C=O) groups is 3. The average molecular weight is 901 g/mol. The molecule has 2 amide bonds. The standard InChI is InChI=1S/C23H42N2O4S.C23H39NO4S.H3NO/c1-17(2)10-8-11-18(3)12-9-13-19(4)14-15-30-16-20(21(26)25-28)24-22(27)29-23(5,6)7;1-17(2)10-8-11-18(3)12-9-13-19(4)14-15-29-16-20(21(25)26)24-22(27)28-23(5,6)7;1-2/h10,12,14,20-21,25-26,28H,8-9,11,13,15-16H2,1-7H3,(H,24,27);10,12,14,20H,8-9,11,13,15-16H2,1-7H3,(H,24,27)(H,25,26);2H,1H2/b2*18-12+,19-14+;. The van der Waals surface area contributed by atoms with Gasteiger partial charge >= 0.3 is 18.2 Å². The Morgan fingerprint density at radius 1 is 0.590 bits per heavy atom. The number of carbonyl (C=O) groups excluding carboxylic acids is 2. The lowest BCUT2D eigenvalue weighted by Gasteiger charge is -2.25. The van der Waals surface area contributed by atoms with E-state index in [1.54, 1.807) is 58.8 Å². The first-order valence-electron chi connectivity index (χ1n) is 20.9. The van der Waals surface area contributed by atoms with Crippen LogP contribution in [0.3, 0.4) is 0 Å². The zero-order valence-corrected chi connectivity index (χ0v) is 41.5. The fourth-order valence-electron chi connectivity index (χ4n) is 4.85. The van der Waals surface area contributed by atoms with E-state index in [-0.39, 0.29) is 0 Å². The Hall–Kier alpha value is -3.05. The number of alkyl carbamates (subject to hydrolysis) is 2. The molecule has 15 heteroatoms. The number of nitrogens with one attached hydrogen (secondary N) is 3. The molecule has 9 N–H and O–H groups in total. The predicted octanol–water partition coefficient (Wildman–Crippen LogP) is 10.8. The molecule has 61 heavy (non-hydrogen) atoms. The van der Waals surface area contributed by atoms with E-state index >= 15 is 0 Å². The molecule has 0 aliphatic heterocycles. The molecule has 0 radical (unpaired) electrons. The van der Waals surface area contributed by atoms with Crippen molar-refractivity contribution in [1.29, 1.82) is 0 Å². The van der Waals surface area contributed by atoms with E-state index in [2.05, 4.69) is 108 Å². The molecule has 0 aliphatic carbocycles. The number of hydroxylamine groups is 1. The maximum Gasteiger partial charge on any atom is 0.408 e. The van der Waals surface area contributed by atoms with Gasteiger partial charge in [0, 0.05) is 23.0 Å². The van der Waals surface area contributed by atoms with Crippen LogP contribution in [0.15, 0.2) is 69.9 Å². The van der Waals surface area contributed by atoms with Crippen LogP contribution in [-0.2, 0) is 14.3 Å². The van der Waals surface area contributed by atoms with Gasteiger partial charge in [-0.2, -0.15) is 29.0 Å². The third kappa shape index (κ3) is 43.4. The number of carboxylic acids is 1. The third-order valence-corrected chi connectivity index (χ3v) is 10.1. The van der Waals surface area contributed by atoms with Gasteiger partial charge in [-0.05, 0) is 148 Å². The molecule has 13 nitrogen and oxygen atoms in total. The maximum atomic E-state index is 11.9. The molecular formula is C46H84N4O9S2. The minimum absolute atomic E-state index is 0.293. The fourth-order valence-corrected chi connectivity index (χ4v) is 6.90. The Morgan fingerprint density at radius 3 is 1.28 bits per heavy atom. The molecule has 0 aromatic rings. The molecule has 0 bridgehead atoms. The van der Waals surface area contributed by atoms with Gasteiger partial charge < -0.3 is 40.7 Å². The van der Waals surface area contributed by atoms with Gasteiger partial charge in [0.15, 0.2) is 0 Å². The van der Waals surface area contributed by atoms with Crippen molar-refractivity contribution >= 4 is 41.7 Å². The molecule has 0 spiro atoms. The van der Waals surface area contributed by atoms with E-state index < -0.39 is 47.7 Å². The molecule has 0 fully saturated rings. The van der Waals surface area contributed by atoms with Gasteiger partial charge in [-0.15, -0.1) is 0 Å². The fraction of sp³-hybridized carbons (Fsp3) is 0.674. The second-order valence-electron chi connectivity index (χ2n) is 17.4. The van der Waals surface area contributed by atoms with Gasteiger partial charge in [-0.1, -0.05) is 69.9 Å². The van der Waals surface area contributed by atoms with Gasteiger partial charge in [0.05, 0.1) is 6.04 Å². The number of aliphatic hydroxyl groups excluding tert-OH is 1. The first kappa shape index (κ1) is 62.2. The van der Waals surface area contributed by atoms with Crippen LogP contribution in [-0.4, -0.2) is 91.3 Å². The first-order chi connectivity index (χ1) is 28.3. The first-order valence-corrected chi connectivity index (χ1v) is 23.3. The number of hydrogen-bond acceptors (Lipinski definition) is 12. The molecule has 0 rings (SSSR count). The number of rotatable bonds is 25. The Labute approximate surface area is 377 Å².